The highest BCUT2D eigenvalue weighted by Gasteiger charge is 2.35. The van der Waals surface area contributed by atoms with E-state index in [1.54, 1.807) is 11.9 Å². The first-order valence-electron chi connectivity index (χ1n) is 8.67. The predicted molar refractivity (Wildman–Crippen MR) is 94.9 cm³/mol. The van der Waals surface area contributed by atoms with Crippen LogP contribution in [0.25, 0.3) is 0 Å². The molecule has 0 saturated carbocycles. The van der Waals surface area contributed by atoms with E-state index in [0.717, 1.165) is 11.3 Å². The Labute approximate surface area is 152 Å². The van der Waals surface area contributed by atoms with Crippen molar-refractivity contribution in [1.29, 1.82) is 0 Å². The van der Waals surface area contributed by atoms with Crippen LogP contribution in [0.3, 0.4) is 0 Å². The summed E-state index contributed by atoms with van der Waals surface area (Å²) in [6, 6.07) is 13.1. The lowest BCUT2D eigenvalue weighted by Gasteiger charge is -2.33. The van der Waals surface area contributed by atoms with Crippen molar-refractivity contribution in [2.45, 2.75) is 25.7 Å². The lowest BCUT2D eigenvalue weighted by Crippen LogP contribution is -2.49. The van der Waals surface area contributed by atoms with E-state index >= 15 is 0 Å². The van der Waals surface area contributed by atoms with Crippen molar-refractivity contribution in [3.63, 3.8) is 0 Å². The first-order chi connectivity index (χ1) is 12.6. The molecule has 0 aliphatic carbocycles. The van der Waals surface area contributed by atoms with Crippen LogP contribution in [0.4, 0.5) is 0 Å². The number of benzene rings is 2. The summed E-state index contributed by atoms with van der Waals surface area (Å²) in [6.07, 6.45) is -1.03. The average Bonchev–Trinajstić information content (AvgIpc) is 2.66. The molecule has 2 heterocycles. The Bertz CT molecular complexity index is 822. The van der Waals surface area contributed by atoms with Crippen LogP contribution in [0.5, 0.6) is 23.0 Å². The average molecular weight is 355 g/mol. The van der Waals surface area contributed by atoms with Crippen molar-refractivity contribution in [2.75, 3.05) is 20.3 Å². The Morgan fingerprint density at radius 1 is 1.00 bits per heavy atom. The van der Waals surface area contributed by atoms with Gasteiger partial charge in [-0.25, -0.2) is 0 Å². The monoisotopic (exact) mass is 355 g/mol. The van der Waals surface area contributed by atoms with Gasteiger partial charge in [0.15, 0.2) is 23.0 Å². The SMILES string of the molecule is CC1Oc2ccccc2OC1C(=O)N(C)Cc1ccc2c(c1)OCCO2. The third-order valence-corrected chi connectivity index (χ3v) is 4.49. The highest BCUT2D eigenvalue weighted by Crippen LogP contribution is 2.34. The molecule has 0 N–H and O–H groups in total. The fourth-order valence-electron chi connectivity index (χ4n) is 3.15. The number of hydrogen-bond acceptors (Lipinski definition) is 5. The summed E-state index contributed by atoms with van der Waals surface area (Å²) in [4.78, 5) is 14.5. The molecular formula is C20H21NO5. The van der Waals surface area contributed by atoms with Crippen molar-refractivity contribution >= 4 is 5.91 Å². The molecule has 2 atom stereocenters. The van der Waals surface area contributed by atoms with E-state index in [1.165, 1.54) is 0 Å². The summed E-state index contributed by atoms with van der Waals surface area (Å²) in [6.45, 7) is 3.39. The molecule has 2 unspecified atom stereocenters. The fraction of sp³-hybridized carbons (Fsp3) is 0.350. The zero-order valence-electron chi connectivity index (χ0n) is 14.8. The van der Waals surface area contributed by atoms with Gasteiger partial charge in [-0.3, -0.25) is 4.79 Å². The molecule has 0 bridgehead atoms. The maximum absolute atomic E-state index is 12.9. The smallest absolute Gasteiger partial charge is 0.267 e. The Morgan fingerprint density at radius 3 is 2.46 bits per heavy atom. The molecule has 0 aromatic heterocycles. The lowest BCUT2D eigenvalue weighted by molar-refractivity contribution is -0.143. The highest BCUT2D eigenvalue weighted by atomic mass is 16.6. The number of carbonyl (C=O) groups is 1. The molecule has 0 fully saturated rings. The maximum Gasteiger partial charge on any atom is 0.267 e. The van der Waals surface area contributed by atoms with Crippen LogP contribution >= 0.6 is 0 Å². The van der Waals surface area contributed by atoms with Crippen molar-refractivity contribution in [2.24, 2.45) is 0 Å². The van der Waals surface area contributed by atoms with E-state index in [4.69, 9.17) is 18.9 Å². The largest absolute Gasteiger partial charge is 0.486 e. The van der Waals surface area contributed by atoms with Crippen molar-refractivity contribution in [1.82, 2.24) is 4.90 Å². The minimum atomic E-state index is -0.674. The van der Waals surface area contributed by atoms with Gasteiger partial charge in [0.05, 0.1) is 0 Å². The first-order valence-corrected chi connectivity index (χ1v) is 8.67. The number of hydrogen-bond donors (Lipinski definition) is 0. The quantitative estimate of drug-likeness (QED) is 0.847. The molecule has 0 radical (unpaired) electrons. The Morgan fingerprint density at radius 2 is 1.69 bits per heavy atom. The van der Waals surface area contributed by atoms with Crippen LogP contribution in [0, 0.1) is 0 Å². The molecule has 26 heavy (non-hydrogen) atoms. The zero-order valence-corrected chi connectivity index (χ0v) is 14.8. The summed E-state index contributed by atoms with van der Waals surface area (Å²) < 4.78 is 22.9. The van der Waals surface area contributed by atoms with E-state index < -0.39 is 6.10 Å². The van der Waals surface area contributed by atoms with E-state index in [9.17, 15) is 4.79 Å². The summed E-state index contributed by atoms with van der Waals surface area (Å²) in [5.41, 5.74) is 0.967. The molecular weight excluding hydrogens is 334 g/mol. The van der Waals surface area contributed by atoms with E-state index in [-0.39, 0.29) is 12.0 Å². The van der Waals surface area contributed by atoms with E-state index in [2.05, 4.69) is 0 Å². The Hall–Kier alpha value is -2.89. The molecule has 2 aliphatic rings. The van der Waals surface area contributed by atoms with Crippen LogP contribution in [0.15, 0.2) is 42.5 Å². The summed E-state index contributed by atoms with van der Waals surface area (Å²) in [7, 11) is 1.76. The van der Waals surface area contributed by atoms with Crippen LogP contribution in [0.1, 0.15) is 12.5 Å². The van der Waals surface area contributed by atoms with Crippen LogP contribution in [-0.2, 0) is 11.3 Å². The number of carbonyl (C=O) groups excluding carboxylic acids is 1. The number of likely N-dealkylation sites (N-methyl/N-ethyl adjacent to an activating group) is 1. The summed E-state index contributed by atoms with van der Waals surface area (Å²) in [5.74, 6) is 2.59. The number of para-hydroxylation sites is 2. The van der Waals surface area contributed by atoms with Gasteiger partial charge in [-0.05, 0) is 36.8 Å². The van der Waals surface area contributed by atoms with Gasteiger partial charge in [0.25, 0.3) is 5.91 Å². The van der Waals surface area contributed by atoms with Crippen molar-refractivity contribution < 1.29 is 23.7 Å². The predicted octanol–water partition coefficient (Wildman–Crippen LogP) is 2.64. The van der Waals surface area contributed by atoms with Crippen LogP contribution < -0.4 is 18.9 Å². The normalized spacial score (nSPS) is 20.4. The highest BCUT2D eigenvalue weighted by molar-refractivity contribution is 5.82. The van der Waals surface area contributed by atoms with Gasteiger partial charge in [0.1, 0.15) is 19.3 Å². The molecule has 6 nitrogen and oxygen atoms in total. The van der Waals surface area contributed by atoms with Gasteiger partial charge >= 0.3 is 0 Å². The second-order valence-electron chi connectivity index (χ2n) is 6.48. The molecule has 2 aromatic rings. The van der Waals surface area contributed by atoms with Crippen molar-refractivity contribution in [3.8, 4) is 23.0 Å². The molecule has 1 amide bonds. The molecule has 136 valence electrons. The number of nitrogens with zero attached hydrogens (tertiary/aromatic N) is 1. The summed E-state index contributed by atoms with van der Waals surface area (Å²) >= 11 is 0. The van der Waals surface area contributed by atoms with Gasteiger partial charge in [-0.1, -0.05) is 18.2 Å². The maximum atomic E-state index is 12.9. The second-order valence-corrected chi connectivity index (χ2v) is 6.48. The molecule has 2 aromatic carbocycles. The molecule has 0 spiro atoms. The van der Waals surface area contributed by atoms with Crippen molar-refractivity contribution in [3.05, 3.63) is 48.0 Å². The third kappa shape index (κ3) is 3.14. The fourth-order valence-corrected chi connectivity index (χ4v) is 3.15. The molecule has 2 aliphatic heterocycles. The molecule has 4 rings (SSSR count). The van der Waals surface area contributed by atoms with Gasteiger partial charge in [0.2, 0.25) is 6.10 Å². The van der Waals surface area contributed by atoms with Gasteiger partial charge in [-0.15, -0.1) is 0 Å². The lowest BCUT2D eigenvalue weighted by atomic mass is 10.1. The number of amides is 1. The zero-order chi connectivity index (χ0) is 18.1. The first kappa shape index (κ1) is 16.6. The van der Waals surface area contributed by atoms with E-state index in [1.807, 2.05) is 49.4 Å². The minimum Gasteiger partial charge on any atom is -0.486 e. The number of rotatable bonds is 3. The molecule has 0 saturated heterocycles. The van der Waals surface area contributed by atoms with Gasteiger partial charge in [-0.2, -0.15) is 0 Å². The van der Waals surface area contributed by atoms with Gasteiger partial charge in [0, 0.05) is 13.6 Å². The minimum absolute atomic E-state index is 0.123. The topological polar surface area (TPSA) is 57.2 Å². The Kier molecular flexibility index (Phi) is 4.32. The Balaban J connectivity index is 1.46. The number of fused-ring (bicyclic) bond motifs is 2. The van der Waals surface area contributed by atoms with E-state index in [0.29, 0.717) is 37.0 Å². The van der Waals surface area contributed by atoms with Crippen LogP contribution in [0.2, 0.25) is 0 Å². The standard InChI is InChI=1S/C20H21NO5/c1-13-19(26-17-6-4-3-5-16(17)25-13)20(22)21(2)12-14-7-8-15-18(11-14)24-10-9-23-15/h3-8,11,13,19H,9-10,12H2,1-2H3. The van der Waals surface area contributed by atoms with Gasteiger partial charge < -0.3 is 23.8 Å². The van der Waals surface area contributed by atoms with Crippen LogP contribution in [-0.4, -0.2) is 43.3 Å². The third-order valence-electron chi connectivity index (χ3n) is 4.49. The number of ether oxygens (including phenoxy) is 4. The molecule has 6 heteroatoms. The second kappa shape index (κ2) is 6.78. The summed E-state index contributed by atoms with van der Waals surface area (Å²) in [5, 5.41) is 0.